The first-order valence-electron chi connectivity index (χ1n) is 23.7. The van der Waals surface area contributed by atoms with Gasteiger partial charge in [0.05, 0.1) is 26.4 Å². The van der Waals surface area contributed by atoms with Crippen molar-refractivity contribution in [2.45, 2.75) is 244 Å². The van der Waals surface area contributed by atoms with Gasteiger partial charge in [0.15, 0.2) is 0 Å². The Balaban J connectivity index is 4.03. The number of carbonyl (C=O) groups excluding carboxylic acids is 1. The van der Waals surface area contributed by atoms with Crippen LogP contribution in [-0.2, 0) is 27.9 Å². The average molecular weight is 819 g/mol. The van der Waals surface area contributed by atoms with Gasteiger partial charge in [-0.05, 0) is 38.5 Å². The molecule has 3 N–H and O–H groups in total. The molecule has 0 aromatic heterocycles. The van der Waals surface area contributed by atoms with Crippen LogP contribution in [0.3, 0.4) is 0 Å². The Labute approximate surface area is 345 Å². The van der Waals surface area contributed by atoms with Gasteiger partial charge in [0.25, 0.3) is 0 Å². The Morgan fingerprint density at radius 3 is 1.38 bits per heavy atom. The minimum Gasteiger partial charge on any atom is -0.457 e. The lowest BCUT2D eigenvalue weighted by Gasteiger charge is -2.20. The minimum absolute atomic E-state index is 0.0505. The van der Waals surface area contributed by atoms with E-state index in [2.05, 4.69) is 26.0 Å². The summed E-state index contributed by atoms with van der Waals surface area (Å²) in [6, 6.07) is 0. The third-order valence-corrected chi connectivity index (χ3v) is 11.4. The molecule has 0 aromatic rings. The molecule has 0 spiro atoms. The molecule has 0 bridgehead atoms. The second-order valence-electron chi connectivity index (χ2n) is 16.1. The maximum absolute atomic E-state index is 12.6. The number of esters is 1. The summed E-state index contributed by atoms with van der Waals surface area (Å²) < 4.78 is 33.4. The number of phosphoric ester groups is 1. The first kappa shape index (κ1) is 55.2. The SMILES string of the molecule is CCCCC/C=C\CCCCCCCCOCC(COP(=O)(O)OCC(O)CO)OC(=O)CCCCCCCCCCCCCCCCCCCCCCCC. The highest BCUT2D eigenvalue weighted by Gasteiger charge is 2.26. The van der Waals surface area contributed by atoms with Crippen LogP contribution in [-0.4, -0.2) is 66.3 Å². The first-order valence-corrected chi connectivity index (χ1v) is 25.2. The number of allylic oxidation sites excluding steroid dienone is 2. The summed E-state index contributed by atoms with van der Waals surface area (Å²) in [5.74, 6) is -0.379. The zero-order valence-electron chi connectivity index (χ0n) is 36.6. The molecule has 0 aliphatic rings. The number of aliphatic hydroxyl groups excluding tert-OH is 2. The highest BCUT2D eigenvalue weighted by molar-refractivity contribution is 7.47. The van der Waals surface area contributed by atoms with Crippen LogP contribution in [0.4, 0.5) is 0 Å². The standard InChI is InChI=1S/C46H91O9P/c1-3-5-7-9-11-13-15-17-18-19-20-21-22-23-24-25-26-28-30-32-34-36-38-46(49)55-45(43-54-56(50,51)53-41-44(48)40-47)42-52-39-37-35-33-31-29-27-16-14-12-10-8-6-4-2/h12,14,44-45,47-48H,3-11,13,15-43H2,1-2H3,(H,50,51)/b14-12-. The van der Waals surface area contributed by atoms with Crippen LogP contribution in [0, 0.1) is 0 Å². The topological polar surface area (TPSA) is 132 Å². The summed E-state index contributed by atoms with van der Waals surface area (Å²) in [4.78, 5) is 22.6. The van der Waals surface area contributed by atoms with Gasteiger partial charge < -0.3 is 24.6 Å². The summed E-state index contributed by atoms with van der Waals surface area (Å²) >= 11 is 0. The average Bonchev–Trinajstić information content (AvgIpc) is 3.19. The maximum Gasteiger partial charge on any atom is 0.472 e. The van der Waals surface area contributed by atoms with Crippen LogP contribution in [0.15, 0.2) is 12.2 Å². The largest absolute Gasteiger partial charge is 0.472 e. The molecule has 0 aliphatic carbocycles. The Morgan fingerprint density at radius 2 is 0.911 bits per heavy atom. The molecule has 0 heterocycles. The third-order valence-electron chi connectivity index (χ3n) is 10.5. The lowest BCUT2D eigenvalue weighted by molar-refractivity contribution is -0.154. The zero-order chi connectivity index (χ0) is 41.1. The fourth-order valence-electron chi connectivity index (χ4n) is 6.82. The van der Waals surface area contributed by atoms with E-state index in [4.69, 9.17) is 23.6 Å². The number of rotatable bonds is 46. The van der Waals surface area contributed by atoms with Crippen molar-refractivity contribution in [1.82, 2.24) is 0 Å². The van der Waals surface area contributed by atoms with Crippen molar-refractivity contribution in [1.29, 1.82) is 0 Å². The molecule has 9 nitrogen and oxygen atoms in total. The van der Waals surface area contributed by atoms with Crippen LogP contribution in [0.2, 0.25) is 0 Å². The van der Waals surface area contributed by atoms with E-state index in [0.717, 1.165) is 44.9 Å². The fourth-order valence-corrected chi connectivity index (χ4v) is 7.61. The van der Waals surface area contributed by atoms with Crippen molar-refractivity contribution in [2.24, 2.45) is 0 Å². The monoisotopic (exact) mass is 819 g/mol. The highest BCUT2D eigenvalue weighted by Crippen LogP contribution is 2.43. The van der Waals surface area contributed by atoms with E-state index in [9.17, 15) is 19.4 Å². The molecule has 0 rings (SSSR count). The van der Waals surface area contributed by atoms with E-state index < -0.39 is 33.2 Å². The van der Waals surface area contributed by atoms with Crippen LogP contribution < -0.4 is 0 Å². The predicted molar refractivity (Wildman–Crippen MR) is 233 cm³/mol. The second kappa shape index (κ2) is 43.8. The summed E-state index contributed by atoms with van der Waals surface area (Å²) in [5.41, 5.74) is 0. The Morgan fingerprint density at radius 1 is 0.536 bits per heavy atom. The van der Waals surface area contributed by atoms with Gasteiger partial charge in [-0.3, -0.25) is 13.8 Å². The van der Waals surface area contributed by atoms with Crippen LogP contribution >= 0.6 is 7.82 Å². The van der Waals surface area contributed by atoms with E-state index in [0.29, 0.717) is 6.61 Å². The molecule has 56 heavy (non-hydrogen) atoms. The predicted octanol–water partition coefficient (Wildman–Crippen LogP) is 13.3. The number of unbranched alkanes of at least 4 members (excludes halogenated alkanes) is 30. The molecule has 3 unspecified atom stereocenters. The van der Waals surface area contributed by atoms with Crippen molar-refractivity contribution in [2.75, 3.05) is 33.0 Å². The highest BCUT2D eigenvalue weighted by atomic mass is 31.2. The summed E-state index contributed by atoms with van der Waals surface area (Å²) in [7, 11) is -4.51. The number of hydrogen-bond donors (Lipinski definition) is 3. The Bertz CT molecular complexity index is 887. The number of ether oxygens (including phenoxy) is 2. The minimum atomic E-state index is -4.51. The summed E-state index contributed by atoms with van der Waals surface area (Å²) in [5, 5.41) is 18.4. The van der Waals surface area contributed by atoms with Crippen LogP contribution in [0.5, 0.6) is 0 Å². The van der Waals surface area contributed by atoms with Crippen molar-refractivity contribution < 1.29 is 43.0 Å². The van der Waals surface area contributed by atoms with Gasteiger partial charge in [0.2, 0.25) is 0 Å². The molecule has 3 atom stereocenters. The number of phosphoric acid groups is 1. The van der Waals surface area contributed by atoms with E-state index in [1.165, 1.54) is 167 Å². The van der Waals surface area contributed by atoms with E-state index >= 15 is 0 Å². The van der Waals surface area contributed by atoms with Crippen LogP contribution in [0.1, 0.15) is 232 Å². The molecule has 0 radical (unpaired) electrons. The Kier molecular flexibility index (Phi) is 43.1. The molecule has 334 valence electrons. The lowest BCUT2D eigenvalue weighted by atomic mass is 10.0. The normalized spacial score (nSPS) is 14.0. The molecular formula is C46H91O9P. The molecule has 0 fully saturated rings. The van der Waals surface area contributed by atoms with Crippen molar-refractivity contribution in [3.8, 4) is 0 Å². The number of aliphatic hydroxyl groups is 2. The van der Waals surface area contributed by atoms with Gasteiger partial charge in [0, 0.05) is 13.0 Å². The molecule has 0 aromatic carbocycles. The van der Waals surface area contributed by atoms with Gasteiger partial charge in [-0.25, -0.2) is 4.57 Å². The van der Waals surface area contributed by atoms with E-state index in [1.807, 2.05) is 0 Å². The molecule has 0 saturated carbocycles. The molecular weight excluding hydrogens is 727 g/mol. The summed E-state index contributed by atoms with van der Waals surface area (Å²) in [6.07, 6.45) is 44.6. The van der Waals surface area contributed by atoms with Gasteiger partial charge in [-0.1, -0.05) is 199 Å². The summed E-state index contributed by atoms with van der Waals surface area (Å²) in [6.45, 7) is 3.53. The number of carbonyl (C=O) groups is 1. The first-order chi connectivity index (χ1) is 27.3. The molecule has 0 aliphatic heterocycles. The zero-order valence-corrected chi connectivity index (χ0v) is 37.5. The van der Waals surface area contributed by atoms with Crippen LogP contribution in [0.25, 0.3) is 0 Å². The Hall–Kier alpha value is -0.800. The smallest absolute Gasteiger partial charge is 0.457 e. The third kappa shape index (κ3) is 42.8. The van der Waals surface area contributed by atoms with Crippen molar-refractivity contribution in [3.05, 3.63) is 12.2 Å². The maximum atomic E-state index is 12.6. The van der Waals surface area contributed by atoms with E-state index in [1.54, 1.807) is 0 Å². The quantitative estimate of drug-likeness (QED) is 0.0238. The van der Waals surface area contributed by atoms with Gasteiger partial charge in [0.1, 0.15) is 12.2 Å². The number of hydrogen-bond acceptors (Lipinski definition) is 8. The molecule has 0 amide bonds. The second-order valence-corrected chi connectivity index (χ2v) is 17.6. The molecule has 0 saturated heterocycles. The molecule has 10 heteroatoms. The van der Waals surface area contributed by atoms with Crippen molar-refractivity contribution >= 4 is 13.8 Å². The van der Waals surface area contributed by atoms with Gasteiger partial charge in [-0.2, -0.15) is 0 Å². The fraction of sp³-hybridized carbons (Fsp3) is 0.935. The van der Waals surface area contributed by atoms with Gasteiger partial charge in [-0.15, -0.1) is 0 Å². The van der Waals surface area contributed by atoms with Crippen molar-refractivity contribution in [3.63, 3.8) is 0 Å². The lowest BCUT2D eigenvalue weighted by Crippen LogP contribution is -2.29. The van der Waals surface area contributed by atoms with Gasteiger partial charge >= 0.3 is 13.8 Å². The van der Waals surface area contributed by atoms with E-state index in [-0.39, 0.29) is 25.6 Å².